The highest BCUT2D eigenvalue weighted by Crippen LogP contribution is 2.20. The van der Waals surface area contributed by atoms with Crippen molar-refractivity contribution in [2.45, 2.75) is 0 Å². The SMILES string of the molecule is COC(=O)N1CCN(C(=O)c2ccc(F)cc2Br)CC1. The minimum Gasteiger partial charge on any atom is -0.453 e. The Morgan fingerprint density at radius 1 is 1.20 bits per heavy atom. The van der Waals surface area contributed by atoms with Gasteiger partial charge in [-0.2, -0.15) is 0 Å². The molecule has 2 rings (SSSR count). The van der Waals surface area contributed by atoms with Crippen molar-refractivity contribution in [1.29, 1.82) is 0 Å². The first-order valence-corrected chi connectivity index (χ1v) is 6.89. The number of hydrogen-bond donors (Lipinski definition) is 0. The van der Waals surface area contributed by atoms with Gasteiger partial charge in [-0.05, 0) is 34.1 Å². The Balaban J connectivity index is 2.03. The van der Waals surface area contributed by atoms with Crippen LogP contribution in [0, 0.1) is 5.82 Å². The largest absolute Gasteiger partial charge is 0.453 e. The number of nitrogens with zero attached hydrogens (tertiary/aromatic N) is 2. The Hall–Kier alpha value is -1.63. The molecular formula is C13H14BrFN2O3. The summed E-state index contributed by atoms with van der Waals surface area (Å²) in [7, 11) is 1.33. The molecule has 1 saturated heterocycles. The maximum atomic E-state index is 13.0. The van der Waals surface area contributed by atoms with E-state index in [0.717, 1.165) is 0 Å². The first kappa shape index (κ1) is 14.8. The summed E-state index contributed by atoms with van der Waals surface area (Å²) in [4.78, 5) is 26.9. The van der Waals surface area contributed by atoms with Crippen molar-refractivity contribution in [2.75, 3.05) is 33.3 Å². The van der Waals surface area contributed by atoms with Gasteiger partial charge in [0.15, 0.2) is 0 Å². The second-order valence-corrected chi connectivity index (χ2v) is 5.23. The van der Waals surface area contributed by atoms with Gasteiger partial charge in [-0.3, -0.25) is 4.79 Å². The van der Waals surface area contributed by atoms with Gasteiger partial charge >= 0.3 is 6.09 Å². The van der Waals surface area contributed by atoms with Crippen LogP contribution in [0.3, 0.4) is 0 Å². The average Bonchev–Trinajstić information content (AvgIpc) is 2.46. The maximum Gasteiger partial charge on any atom is 0.409 e. The first-order valence-electron chi connectivity index (χ1n) is 6.10. The van der Waals surface area contributed by atoms with Crippen molar-refractivity contribution < 1.29 is 18.7 Å². The fourth-order valence-corrected chi connectivity index (χ4v) is 2.57. The van der Waals surface area contributed by atoms with E-state index in [4.69, 9.17) is 0 Å². The molecule has 1 aliphatic rings. The third-order valence-corrected chi connectivity index (χ3v) is 3.82. The molecule has 0 radical (unpaired) electrons. The number of hydrogen-bond acceptors (Lipinski definition) is 3. The van der Waals surface area contributed by atoms with Crippen LogP contribution in [0.5, 0.6) is 0 Å². The monoisotopic (exact) mass is 344 g/mol. The Morgan fingerprint density at radius 2 is 1.80 bits per heavy atom. The summed E-state index contributed by atoms with van der Waals surface area (Å²) < 4.78 is 18.1. The number of rotatable bonds is 1. The number of benzene rings is 1. The Kier molecular flexibility index (Phi) is 4.59. The standard InChI is InChI=1S/C13H14BrFN2O3/c1-20-13(19)17-6-4-16(5-7-17)12(18)10-3-2-9(15)8-11(10)14/h2-3,8H,4-7H2,1H3. The van der Waals surface area contributed by atoms with Crippen LogP contribution >= 0.6 is 15.9 Å². The summed E-state index contributed by atoms with van der Waals surface area (Å²) in [6, 6.07) is 3.97. The highest BCUT2D eigenvalue weighted by atomic mass is 79.9. The summed E-state index contributed by atoms with van der Waals surface area (Å²) in [5.74, 6) is -0.578. The molecule has 1 aliphatic heterocycles. The van der Waals surface area contributed by atoms with Gasteiger partial charge in [0.2, 0.25) is 0 Å². The lowest BCUT2D eigenvalue weighted by Gasteiger charge is -2.34. The number of methoxy groups -OCH3 is 1. The van der Waals surface area contributed by atoms with Crippen molar-refractivity contribution in [2.24, 2.45) is 0 Å². The van der Waals surface area contributed by atoms with Gasteiger partial charge in [0.1, 0.15) is 5.82 Å². The van der Waals surface area contributed by atoms with Crippen LogP contribution < -0.4 is 0 Å². The Labute approximate surface area is 124 Å². The predicted octanol–water partition coefficient (Wildman–Crippen LogP) is 2.11. The van der Waals surface area contributed by atoms with Gasteiger partial charge in [-0.1, -0.05) is 0 Å². The molecule has 0 N–H and O–H groups in total. The number of halogens is 2. The number of carbonyl (C=O) groups excluding carboxylic acids is 2. The quantitative estimate of drug-likeness (QED) is 0.783. The highest BCUT2D eigenvalue weighted by molar-refractivity contribution is 9.10. The summed E-state index contributed by atoms with van der Waals surface area (Å²) in [5, 5.41) is 0. The summed E-state index contributed by atoms with van der Waals surface area (Å²) in [6.45, 7) is 1.71. The van der Waals surface area contributed by atoms with E-state index in [-0.39, 0.29) is 12.0 Å². The third kappa shape index (κ3) is 3.09. The van der Waals surface area contributed by atoms with E-state index in [1.54, 1.807) is 9.80 Å². The van der Waals surface area contributed by atoms with E-state index in [1.807, 2.05) is 0 Å². The van der Waals surface area contributed by atoms with Gasteiger partial charge < -0.3 is 14.5 Å². The van der Waals surface area contributed by atoms with Gasteiger partial charge in [0, 0.05) is 30.7 Å². The summed E-state index contributed by atoms with van der Waals surface area (Å²) >= 11 is 3.19. The molecule has 20 heavy (non-hydrogen) atoms. The van der Waals surface area contributed by atoms with Crippen LogP contribution in [0.4, 0.5) is 9.18 Å². The number of ether oxygens (including phenoxy) is 1. The van der Waals surface area contributed by atoms with Gasteiger partial charge in [0.05, 0.1) is 12.7 Å². The molecule has 2 amide bonds. The second-order valence-electron chi connectivity index (χ2n) is 4.37. The molecule has 0 saturated carbocycles. The zero-order valence-electron chi connectivity index (χ0n) is 10.9. The number of piperazine rings is 1. The van der Waals surface area contributed by atoms with Crippen molar-refractivity contribution in [1.82, 2.24) is 9.80 Å². The second kappa shape index (κ2) is 6.21. The molecule has 0 spiro atoms. The Bertz CT molecular complexity index is 530. The predicted molar refractivity (Wildman–Crippen MR) is 74.0 cm³/mol. The molecule has 0 atom stereocenters. The molecule has 1 aromatic rings. The van der Waals surface area contributed by atoms with E-state index in [1.165, 1.54) is 25.3 Å². The van der Waals surface area contributed by atoms with Crippen LogP contribution in [0.25, 0.3) is 0 Å². The third-order valence-electron chi connectivity index (χ3n) is 3.16. The van der Waals surface area contributed by atoms with Crippen molar-refractivity contribution in [3.8, 4) is 0 Å². The van der Waals surface area contributed by atoms with E-state index in [2.05, 4.69) is 20.7 Å². The minimum absolute atomic E-state index is 0.179. The minimum atomic E-state index is -0.399. The van der Waals surface area contributed by atoms with E-state index < -0.39 is 5.82 Å². The van der Waals surface area contributed by atoms with Crippen molar-refractivity contribution in [3.05, 3.63) is 34.1 Å². The van der Waals surface area contributed by atoms with Crippen molar-refractivity contribution in [3.63, 3.8) is 0 Å². The summed E-state index contributed by atoms with van der Waals surface area (Å²) in [6.07, 6.45) is -0.389. The van der Waals surface area contributed by atoms with Crippen LogP contribution in [-0.4, -0.2) is 55.1 Å². The van der Waals surface area contributed by atoms with Gasteiger partial charge in [-0.15, -0.1) is 0 Å². The Morgan fingerprint density at radius 3 is 2.35 bits per heavy atom. The molecule has 7 heteroatoms. The fraction of sp³-hybridized carbons (Fsp3) is 0.385. The van der Waals surface area contributed by atoms with E-state index in [9.17, 15) is 14.0 Å². The van der Waals surface area contributed by atoms with Crippen molar-refractivity contribution >= 4 is 27.9 Å². The molecule has 108 valence electrons. The molecule has 0 bridgehead atoms. The smallest absolute Gasteiger partial charge is 0.409 e. The summed E-state index contributed by atoms with van der Waals surface area (Å²) in [5.41, 5.74) is 0.415. The first-order chi connectivity index (χ1) is 9.52. The number of carbonyl (C=O) groups is 2. The molecule has 1 fully saturated rings. The van der Waals surface area contributed by atoms with Gasteiger partial charge in [-0.25, -0.2) is 9.18 Å². The van der Waals surface area contributed by atoms with Crippen LogP contribution in [0.1, 0.15) is 10.4 Å². The molecule has 0 unspecified atom stereocenters. The fourth-order valence-electron chi connectivity index (χ4n) is 2.05. The highest BCUT2D eigenvalue weighted by Gasteiger charge is 2.26. The molecule has 1 heterocycles. The topological polar surface area (TPSA) is 49.9 Å². The maximum absolute atomic E-state index is 13.0. The van der Waals surface area contributed by atoms with Gasteiger partial charge in [0.25, 0.3) is 5.91 Å². The molecule has 0 aromatic heterocycles. The lowest BCUT2D eigenvalue weighted by atomic mass is 10.2. The molecule has 1 aromatic carbocycles. The average molecular weight is 345 g/mol. The molecule has 0 aliphatic carbocycles. The van der Waals surface area contributed by atoms with E-state index in [0.29, 0.717) is 36.2 Å². The molecular weight excluding hydrogens is 331 g/mol. The van der Waals surface area contributed by atoms with E-state index >= 15 is 0 Å². The lowest BCUT2D eigenvalue weighted by Crippen LogP contribution is -2.50. The van der Waals surface area contributed by atoms with Crippen LogP contribution in [0.2, 0.25) is 0 Å². The molecule has 5 nitrogen and oxygen atoms in total. The van der Waals surface area contributed by atoms with Crippen LogP contribution in [-0.2, 0) is 4.74 Å². The zero-order chi connectivity index (χ0) is 14.7. The van der Waals surface area contributed by atoms with Crippen LogP contribution in [0.15, 0.2) is 22.7 Å². The zero-order valence-corrected chi connectivity index (χ0v) is 12.5. The number of amides is 2. The lowest BCUT2D eigenvalue weighted by molar-refractivity contribution is 0.0599. The normalized spacial score (nSPS) is 15.2.